The molecule has 0 bridgehead atoms. The molecule has 1 rings (SSSR count). The Morgan fingerprint density at radius 2 is 2.33 bits per heavy atom. The molecule has 1 aromatic rings. The lowest BCUT2D eigenvalue weighted by Crippen LogP contribution is -1.76. The predicted octanol–water partition coefficient (Wildman–Crippen LogP) is 2.65. The van der Waals surface area contributed by atoms with Crippen LogP contribution < -0.4 is 0 Å². The predicted molar refractivity (Wildman–Crippen MR) is 42.6 cm³/mol. The summed E-state index contributed by atoms with van der Waals surface area (Å²) in [6, 6.07) is 0. The van der Waals surface area contributed by atoms with Gasteiger partial charge in [-0.1, -0.05) is 6.92 Å². The van der Waals surface area contributed by atoms with Gasteiger partial charge in [0.2, 0.25) is 0 Å². The molecule has 0 unspecified atom stereocenters. The van der Waals surface area contributed by atoms with Crippen molar-refractivity contribution in [3.63, 3.8) is 0 Å². The lowest BCUT2D eigenvalue weighted by molar-refractivity contribution is 1.12. The zero-order chi connectivity index (χ0) is 6.85. The van der Waals surface area contributed by atoms with Gasteiger partial charge < -0.3 is 4.98 Å². The molecular formula is C7H10BrN. The Bertz CT molecular complexity index is 203. The van der Waals surface area contributed by atoms with Crippen molar-refractivity contribution in [1.82, 2.24) is 4.98 Å². The van der Waals surface area contributed by atoms with Crippen LogP contribution in [-0.4, -0.2) is 4.98 Å². The topological polar surface area (TPSA) is 15.8 Å². The number of aryl methyl sites for hydroxylation is 1. The standard InChI is InChI=1S/C7H10BrN/c1-3-6-4-9-7(8)5(6)2/h4,9H,3H2,1-2H3. The van der Waals surface area contributed by atoms with Crippen LogP contribution in [0, 0.1) is 6.92 Å². The van der Waals surface area contributed by atoms with E-state index in [9.17, 15) is 0 Å². The molecule has 0 aliphatic rings. The number of hydrogen-bond donors (Lipinski definition) is 1. The van der Waals surface area contributed by atoms with Crippen molar-refractivity contribution in [3.05, 3.63) is 21.9 Å². The van der Waals surface area contributed by atoms with Crippen LogP contribution in [0.15, 0.2) is 10.8 Å². The molecule has 0 amide bonds. The number of halogens is 1. The molecule has 0 aliphatic heterocycles. The maximum absolute atomic E-state index is 3.40. The molecule has 0 fully saturated rings. The number of aromatic amines is 1. The number of aromatic nitrogens is 1. The highest BCUT2D eigenvalue weighted by molar-refractivity contribution is 9.10. The van der Waals surface area contributed by atoms with Gasteiger partial charge >= 0.3 is 0 Å². The third-order valence-corrected chi connectivity index (χ3v) is 2.39. The number of H-pyrrole nitrogens is 1. The van der Waals surface area contributed by atoms with Crippen molar-refractivity contribution >= 4 is 15.9 Å². The van der Waals surface area contributed by atoms with Crippen LogP contribution in [0.5, 0.6) is 0 Å². The highest BCUT2D eigenvalue weighted by atomic mass is 79.9. The average Bonchev–Trinajstić information content (AvgIpc) is 2.15. The van der Waals surface area contributed by atoms with Gasteiger partial charge in [0.1, 0.15) is 0 Å². The second-order valence-electron chi connectivity index (χ2n) is 2.11. The van der Waals surface area contributed by atoms with Crippen molar-refractivity contribution in [3.8, 4) is 0 Å². The van der Waals surface area contributed by atoms with Crippen LogP contribution in [-0.2, 0) is 6.42 Å². The molecule has 0 saturated heterocycles. The molecular weight excluding hydrogens is 178 g/mol. The van der Waals surface area contributed by atoms with Gasteiger partial charge in [-0.05, 0) is 40.4 Å². The third kappa shape index (κ3) is 1.18. The highest BCUT2D eigenvalue weighted by Gasteiger charge is 1.99. The molecule has 9 heavy (non-hydrogen) atoms. The monoisotopic (exact) mass is 187 g/mol. The fourth-order valence-corrected chi connectivity index (χ4v) is 1.24. The first-order valence-electron chi connectivity index (χ1n) is 3.08. The lowest BCUT2D eigenvalue weighted by atomic mass is 10.2. The van der Waals surface area contributed by atoms with Crippen molar-refractivity contribution in [1.29, 1.82) is 0 Å². The van der Waals surface area contributed by atoms with Crippen LogP contribution in [0.2, 0.25) is 0 Å². The molecule has 0 aromatic carbocycles. The fourth-order valence-electron chi connectivity index (χ4n) is 0.875. The largest absolute Gasteiger partial charge is 0.356 e. The molecule has 0 atom stereocenters. The Morgan fingerprint density at radius 3 is 2.56 bits per heavy atom. The molecule has 2 heteroatoms. The van der Waals surface area contributed by atoms with E-state index in [0.29, 0.717) is 0 Å². The van der Waals surface area contributed by atoms with Crippen molar-refractivity contribution in [2.24, 2.45) is 0 Å². The summed E-state index contributed by atoms with van der Waals surface area (Å²) in [5.74, 6) is 0. The van der Waals surface area contributed by atoms with Crippen LogP contribution in [0.1, 0.15) is 18.1 Å². The number of hydrogen-bond acceptors (Lipinski definition) is 0. The smallest absolute Gasteiger partial charge is 0.0852 e. The third-order valence-electron chi connectivity index (χ3n) is 1.56. The molecule has 0 aliphatic carbocycles. The van der Waals surface area contributed by atoms with E-state index in [-0.39, 0.29) is 0 Å². The summed E-state index contributed by atoms with van der Waals surface area (Å²) in [7, 11) is 0. The molecule has 0 radical (unpaired) electrons. The first kappa shape index (κ1) is 6.87. The van der Waals surface area contributed by atoms with Crippen LogP contribution in [0.4, 0.5) is 0 Å². The zero-order valence-corrected chi connectivity index (χ0v) is 7.25. The Kier molecular flexibility index (Phi) is 1.96. The van der Waals surface area contributed by atoms with Gasteiger partial charge in [-0.15, -0.1) is 0 Å². The molecule has 1 heterocycles. The minimum absolute atomic E-state index is 1.11. The summed E-state index contributed by atoms with van der Waals surface area (Å²) < 4.78 is 1.11. The Morgan fingerprint density at radius 1 is 1.67 bits per heavy atom. The molecule has 0 saturated carbocycles. The highest BCUT2D eigenvalue weighted by Crippen LogP contribution is 2.17. The van der Waals surface area contributed by atoms with E-state index in [4.69, 9.17) is 0 Å². The number of nitrogens with one attached hydrogen (secondary N) is 1. The second-order valence-corrected chi connectivity index (χ2v) is 2.90. The Balaban J connectivity index is 3.04. The van der Waals surface area contributed by atoms with Gasteiger partial charge in [-0.2, -0.15) is 0 Å². The summed E-state index contributed by atoms with van der Waals surface area (Å²) in [6.45, 7) is 4.27. The van der Waals surface area contributed by atoms with Gasteiger partial charge in [-0.3, -0.25) is 0 Å². The minimum Gasteiger partial charge on any atom is -0.356 e. The summed E-state index contributed by atoms with van der Waals surface area (Å²) in [5, 5.41) is 0. The van der Waals surface area contributed by atoms with E-state index in [1.54, 1.807) is 0 Å². The van der Waals surface area contributed by atoms with Crippen LogP contribution >= 0.6 is 15.9 Å². The first-order valence-corrected chi connectivity index (χ1v) is 3.87. The van der Waals surface area contributed by atoms with Crippen LogP contribution in [0.3, 0.4) is 0 Å². The van der Waals surface area contributed by atoms with Gasteiger partial charge in [0.15, 0.2) is 0 Å². The molecule has 1 nitrogen and oxygen atoms in total. The van der Waals surface area contributed by atoms with Gasteiger partial charge in [0.05, 0.1) is 4.60 Å². The lowest BCUT2D eigenvalue weighted by Gasteiger charge is -1.90. The summed E-state index contributed by atoms with van der Waals surface area (Å²) in [5.41, 5.74) is 2.72. The molecule has 1 N–H and O–H groups in total. The summed E-state index contributed by atoms with van der Waals surface area (Å²) >= 11 is 3.40. The van der Waals surface area contributed by atoms with Gasteiger partial charge in [0, 0.05) is 6.20 Å². The van der Waals surface area contributed by atoms with E-state index in [1.807, 2.05) is 6.20 Å². The van der Waals surface area contributed by atoms with Gasteiger partial charge in [-0.25, -0.2) is 0 Å². The molecule has 50 valence electrons. The Hall–Kier alpha value is -0.240. The van der Waals surface area contributed by atoms with Crippen molar-refractivity contribution in [2.45, 2.75) is 20.3 Å². The van der Waals surface area contributed by atoms with Crippen molar-refractivity contribution < 1.29 is 0 Å². The normalized spacial score (nSPS) is 10.1. The molecule has 0 spiro atoms. The fraction of sp³-hybridized carbons (Fsp3) is 0.429. The average molecular weight is 188 g/mol. The van der Waals surface area contributed by atoms with E-state index in [1.165, 1.54) is 11.1 Å². The first-order chi connectivity index (χ1) is 4.25. The van der Waals surface area contributed by atoms with Gasteiger partial charge in [0.25, 0.3) is 0 Å². The SMILES string of the molecule is CCc1c[nH]c(Br)c1C. The van der Waals surface area contributed by atoms with Crippen LogP contribution in [0.25, 0.3) is 0 Å². The van der Waals surface area contributed by atoms with E-state index >= 15 is 0 Å². The molecule has 1 aromatic heterocycles. The number of rotatable bonds is 1. The maximum Gasteiger partial charge on any atom is 0.0852 e. The van der Waals surface area contributed by atoms with Crippen molar-refractivity contribution in [2.75, 3.05) is 0 Å². The van der Waals surface area contributed by atoms with E-state index in [0.717, 1.165) is 11.0 Å². The van der Waals surface area contributed by atoms with E-state index in [2.05, 4.69) is 34.8 Å². The zero-order valence-electron chi connectivity index (χ0n) is 5.66. The Labute approximate surface area is 63.6 Å². The minimum atomic E-state index is 1.11. The second kappa shape index (κ2) is 2.56. The summed E-state index contributed by atoms with van der Waals surface area (Å²) in [4.78, 5) is 3.10. The summed E-state index contributed by atoms with van der Waals surface area (Å²) in [6.07, 6.45) is 3.15. The maximum atomic E-state index is 3.40. The van der Waals surface area contributed by atoms with E-state index < -0.39 is 0 Å². The quantitative estimate of drug-likeness (QED) is 0.697.